The number of nitrogens with zero attached hydrogens (tertiary/aromatic N) is 1. The van der Waals surface area contributed by atoms with E-state index < -0.39 is 0 Å². The lowest BCUT2D eigenvalue weighted by molar-refractivity contribution is -0.121. The van der Waals surface area contributed by atoms with Crippen LogP contribution < -0.4 is 10.1 Å². The SMILES string of the molecule is COc1cc(NC(=O)C2CCC(N3Cc4c(ccc(O)c4Br)C3=O)CC2)ccc1C. The minimum atomic E-state index is -0.0654. The Balaban J connectivity index is 1.37. The van der Waals surface area contributed by atoms with Crippen molar-refractivity contribution in [3.05, 3.63) is 51.5 Å². The van der Waals surface area contributed by atoms with Gasteiger partial charge in [0.2, 0.25) is 5.91 Å². The molecule has 0 unspecified atom stereocenters. The molecule has 2 aliphatic rings. The third kappa shape index (κ3) is 3.78. The van der Waals surface area contributed by atoms with Gasteiger partial charge in [0.05, 0.1) is 11.6 Å². The highest BCUT2D eigenvalue weighted by atomic mass is 79.9. The number of rotatable bonds is 4. The minimum absolute atomic E-state index is 0.00496. The Morgan fingerprint density at radius 3 is 2.63 bits per heavy atom. The van der Waals surface area contributed by atoms with Gasteiger partial charge in [0.15, 0.2) is 0 Å². The molecule has 0 radical (unpaired) electrons. The van der Waals surface area contributed by atoms with Gasteiger partial charge in [-0.25, -0.2) is 0 Å². The lowest BCUT2D eigenvalue weighted by Crippen LogP contribution is -2.40. The van der Waals surface area contributed by atoms with Gasteiger partial charge in [0.25, 0.3) is 5.91 Å². The van der Waals surface area contributed by atoms with Gasteiger partial charge in [-0.05, 0) is 72.3 Å². The zero-order valence-corrected chi connectivity index (χ0v) is 18.7. The van der Waals surface area contributed by atoms with Crippen LogP contribution in [-0.2, 0) is 11.3 Å². The van der Waals surface area contributed by atoms with Gasteiger partial charge in [-0.1, -0.05) is 6.07 Å². The molecule has 6 nitrogen and oxygen atoms in total. The number of methoxy groups -OCH3 is 1. The number of halogens is 1. The molecule has 1 aliphatic carbocycles. The summed E-state index contributed by atoms with van der Waals surface area (Å²) in [7, 11) is 1.62. The van der Waals surface area contributed by atoms with Gasteiger partial charge in [-0.15, -0.1) is 0 Å². The number of hydrogen-bond acceptors (Lipinski definition) is 4. The fraction of sp³-hybridized carbons (Fsp3) is 0.391. The molecule has 0 spiro atoms. The number of fused-ring (bicyclic) bond motifs is 1. The van der Waals surface area contributed by atoms with Crippen LogP contribution in [0.3, 0.4) is 0 Å². The summed E-state index contributed by atoms with van der Waals surface area (Å²) in [4.78, 5) is 27.5. The van der Waals surface area contributed by atoms with E-state index >= 15 is 0 Å². The first kappa shape index (κ1) is 20.7. The summed E-state index contributed by atoms with van der Waals surface area (Å²) >= 11 is 3.39. The van der Waals surface area contributed by atoms with Crippen LogP contribution in [-0.4, -0.2) is 35.0 Å². The molecule has 0 aromatic heterocycles. The van der Waals surface area contributed by atoms with Crippen molar-refractivity contribution in [3.63, 3.8) is 0 Å². The van der Waals surface area contributed by atoms with E-state index in [1.54, 1.807) is 19.2 Å². The number of phenols is 1. The first-order valence-corrected chi connectivity index (χ1v) is 10.9. The van der Waals surface area contributed by atoms with Gasteiger partial charge < -0.3 is 20.1 Å². The Kier molecular flexibility index (Phi) is 5.73. The maximum absolute atomic E-state index is 12.8. The molecule has 0 bridgehead atoms. The van der Waals surface area contributed by atoms with E-state index in [-0.39, 0.29) is 29.5 Å². The second kappa shape index (κ2) is 8.30. The van der Waals surface area contributed by atoms with Crippen LogP contribution in [0.15, 0.2) is 34.8 Å². The summed E-state index contributed by atoms with van der Waals surface area (Å²) < 4.78 is 5.92. The summed E-state index contributed by atoms with van der Waals surface area (Å²) in [5, 5.41) is 12.9. The molecule has 7 heteroatoms. The molecule has 1 saturated carbocycles. The zero-order valence-electron chi connectivity index (χ0n) is 17.1. The number of aryl methyl sites for hydroxylation is 1. The molecule has 2 aromatic rings. The normalized spacial score (nSPS) is 20.8. The smallest absolute Gasteiger partial charge is 0.254 e. The second-order valence-corrected chi connectivity index (χ2v) is 8.83. The fourth-order valence-corrected chi connectivity index (χ4v) is 4.92. The van der Waals surface area contributed by atoms with Crippen molar-refractivity contribution in [2.24, 2.45) is 5.92 Å². The highest BCUT2D eigenvalue weighted by Gasteiger charge is 2.37. The van der Waals surface area contributed by atoms with Crippen LogP contribution in [0.25, 0.3) is 0 Å². The topological polar surface area (TPSA) is 78.9 Å². The number of carbonyl (C=O) groups is 2. The number of nitrogens with one attached hydrogen (secondary N) is 1. The number of benzene rings is 2. The number of hydrogen-bond donors (Lipinski definition) is 2. The molecule has 0 saturated heterocycles. The molecule has 2 amide bonds. The maximum Gasteiger partial charge on any atom is 0.254 e. The van der Waals surface area contributed by atoms with Gasteiger partial charge >= 0.3 is 0 Å². The highest BCUT2D eigenvalue weighted by molar-refractivity contribution is 9.10. The average Bonchev–Trinajstić information content (AvgIpc) is 3.09. The number of ether oxygens (including phenoxy) is 1. The minimum Gasteiger partial charge on any atom is -0.507 e. The predicted octanol–water partition coefficient (Wildman–Crippen LogP) is 4.63. The van der Waals surface area contributed by atoms with Crippen LogP contribution in [0.1, 0.15) is 47.2 Å². The Morgan fingerprint density at radius 2 is 1.93 bits per heavy atom. The van der Waals surface area contributed by atoms with Crippen molar-refractivity contribution >= 4 is 33.4 Å². The monoisotopic (exact) mass is 472 g/mol. The van der Waals surface area contributed by atoms with Crippen molar-refractivity contribution in [3.8, 4) is 11.5 Å². The van der Waals surface area contributed by atoms with Crippen LogP contribution >= 0.6 is 15.9 Å². The first-order valence-electron chi connectivity index (χ1n) is 10.2. The fourth-order valence-electron chi connectivity index (χ4n) is 4.45. The predicted molar refractivity (Wildman–Crippen MR) is 118 cm³/mol. The third-order valence-electron chi connectivity index (χ3n) is 6.23. The van der Waals surface area contributed by atoms with Crippen LogP contribution in [0.4, 0.5) is 5.69 Å². The second-order valence-electron chi connectivity index (χ2n) is 8.04. The molecular weight excluding hydrogens is 448 g/mol. The number of anilines is 1. The Hall–Kier alpha value is -2.54. The lowest BCUT2D eigenvalue weighted by atomic mass is 9.84. The summed E-state index contributed by atoms with van der Waals surface area (Å²) in [5.74, 6) is 0.857. The Labute approximate surface area is 184 Å². The summed E-state index contributed by atoms with van der Waals surface area (Å²) in [5.41, 5.74) is 3.24. The summed E-state index contributed by atoms with van der Waals surface area (Å²) in [6.45, 7) is 2.46. The number of phenolic OH excluding ortho intramolecular Hbond substituents is 1. The lowest BCUT2D eigenvalue weighted by Gasteiger charge is -2.34. The molecule has 158 valence electrons. The van der Waals surface area contributed by atoms with Gasteiger partial charge in [-0.2, -0.15) is 0 Å². The van der Waals surface area contributed by atoms with E-state index in [4.69, 9.17) is 4.74 Å². The van der Waals surface area contributed by atoms with Crippen LogP contribution in [0, 0.1) is 12.8 Å². The molecule has 1 aliphatic heterocycles. The van der Waals surface area contributed by atoms with E-state index in [0.29, 0.717) is 16.6 Å². The molecular formula is C23H25BrN2O4. The van der Waals surface area contributed by atoms with Crippen molar-refractivity contribution in [2.45, 2.75) is 45.2 Å². The van der Waals surface area contributed by atoms with Gasteiger partial charge in [0.1, 0.15) is 11.5 Å². The van der Waals surface area contributed by atoms with Crippen molar-refractivity contribution in [1.82, 2.24) is 4.90 Å². The van der Waals surface area contributed by atoms with E-state index in [9.17, 15) is 14.7 Å². The van der Waals surface area contributed by atoms with Crippen molar-refractivity contribution in [1.29, 1.82) is 0 Å². The quantitative estimate of drug-likeness (QED) is 0.679. The van der Waals surface area contributed by atoms with Crippen LogP contribution in [0.5, 0.6) is 11.5 Å². The molecule has 2 aromatic carbocycles. The third-order valence-corrected chi connectivity index (χ3v) is 7.11. The van der Waals surface area contributed by atoms with Gasteiger partial charge in [-0.3, -0.25) is 9.59 Å². The standard InChI is InChI=1S/C23H25BrN2O4/c1-13-3-6-15(11-20(13)30-2)25-22(28)14-4-7-16(8-5-14)26-12-18-17(23(26)29)9-10-19(27)21(18)24/h3,6,9-11,14,16,27H,4-5,7-8,12H2,1-2H3,(H,25,28). The first-order chi connectivity index (χ1) is 14.4. The summed E-state index contributed by atoms with van der Waals surface area (Å²) in [6.07, 6.45) is 3.06. The highest BCUT2D eigenvalue weighted by Crippen LogP contribution is 2.39. The largest absolute Gasteiger partial charge is 0.507 e. The Bertz CT molecular complexity index is 999. The van der Waals surface area contributed by atoms with E-state index in [2.05, 4.69) is 21.2 Å². The maximum atomic E-state index is 12.8. The molecule has 30 heavy (non-hydrogen) atoms. The number of amides is 2. The van der Waals surface area contributed by atoms with Crippen LogP contribution in [0.2, 0.25) is 0 Å². The Morgan fingerprint density at radius 1 is 1.20 bits per heavy atom. The van der Waals surface area contributed by atoms with E-state index in [0.717, 1.165) is 48.2 Å². The molecule has 1 fully saturated rings. The number of aromatic hydroxyl groups is 1. The summed E-state index contributed by atoms with van der Waals surface area (Å²) in [6, 6.07) is 9.00. The van der Waals surface area contributed by atoms with Crippen molar-refractivity contribution < 1.29 is 19.4 Å². The van der Waals surface area contributed by atoms with E-state index in [1.807, 2.05) is 30.0 Å². The molecule has 4 rings (SSSR count). The average molecular weight is 473 g/mol. The molecule has 2 N–H and O–H groups in total. The van der Waals surface area contributed by atoms with Gasteiger partial charge in [0, 0.05) is 41.4 Å². The molecule has 1 heterocycles. The van der Waals surface area contributed by atoms with E-state index in [1.165, 1.54) is 0 Å². The zero-order chi connectivity index (χ0) is 21.4. The van der Waals surface area contributed by atoms with Crippen molar-refractivity contribution in [2.75, 3.05) is 12.4 Å². The molecule has 0 atom stereocenters. The number of carbonyl (C=O) groups excluding carboxylic acids is 2.